The first kappa shape index (κ1) is 20.0. The third-order valence-corrected chi connectivity index (χ3v) is 6.32. The number of fused-ring (bicyclic) bond motifs is 1. The molecule has 2 aromatic heterocycles. The molecule has 1 N–H and O–H groups in total. The Balaban J connectivity index is 1.68. The molecule has 30 heavy (non-hydrogen) atoms. The van der Waals surface area contributed by atoms with Crippen LogP contribution in [0.1, 0.15) is 38.2 Å². The van der Waals surface area contributed by atoms with Crippen LogP contribution in [0, 0.1) is 13.8 Å². The number of carbonyl (C=O) groups is 1. The van der Waals surface area contributed by atoms with Gasteiger partial charge < -0.3 is 0 Å². The Labute approximate surface area is 180 Å². The van der Waals surface area contributed by atoms with Gasteiger partial charge in [-0.25, -0.2) is 10.4 Å². The Hall–Kier alpha value is -3.31. The van der Waals surface area contributed by atoms with E-state index in [1.165, 1.54) is 16.0 Å². The molecule has 0 radical (unpaired) electrons. The number of aromatic nitrogens is 1. The molecule has 0 bridgehead atoms. The van der Waals surface area contributed by atoms with E-state index in [2.05, 4.69) is 49.5 Å². The van der Waals surface area contributed by atoms with Gasteiger partial charge in [-0.2, -0.15) is 5.10 Å². The Kier molecular flexibility index (Phi) is 5.72. The van der Waals surface area contributed by atoms with Crippen molar-refractivity contribution in [3.63, 3.8) is 0 Å². The normalized spacial score (nSPS) is 11.3. The summed E-state index contributed by atoms with van der Waals surface area (Å²) in [6, 6.07) is 19.9. The van der Waals surface area contributed by atoms with Gasteiger partial charge in [-0.15, -0.1) is 11.3 Å². The summed E-state index contributed by atoms with van der Waals surface area (Å²) >= 11 is 1.67. The molecule has 0 fully saturated rings. The van der Waals surface area contributed by atoms with Gasteiger partial charge >= 0.3 is 0 Å². The number of thiophene rings is 1. The molecule has 5 heteroatoms. The quantitative estimate of drug-likeness (QED) is 0.327. The van der Waals surface area contributed by atoms with Gasteiger partial charge in [0.25, 0.3) is 5.91 Å². The molecule has 4 rings (SSSR count). The number of hydrazone groups is 1. The highest BCUT2D eigenvalue weighted by Gasteiger charge is 2.14. The molecular weight excluding hydrogens is 390 g/mol. The molecule has 150 valence electrons. The zero-order valence-corrected chi connectivity index (χ0v) is 18.1. The minimum atomic E-state index is -0.248. The van der Waals surface area contributed by atoms with Gasteiger partial charge in [0.1, 0.15) is 0 Å². The molecule has 0 spiro atoms. The fraction of sp³-hybridized carbons (Fsp3) is 0.160. The first-order chi connectivity index (χ1) is 14.5. The molecule has 0 aliphatic heterocycles. The highest BCUT2D eigenvalue weighted by Crippen LogP contribution is 2.26. The van der Waals surface area contributed by atoms with Crippen LogP contribution in [0.4, 0.5) is 0 Å². The number of nitrogens with one attached hydrogen (secondary N) is 1. The van der Waals surface area contributed by atoms with Crippen molar-refractivity contribution in [2.24, 2.45) is 5.10 Å². The number of carbonyl (C=O) groups excluding carboxylic acids is 1. The average molecular weight is 414 g/mol. The van der Waals surface area contributed by atoms with Crippen LogP contribution in [0.25, 0.3) is 22.2 Å². The van der Waals surface area contributed by atoms with E-state index in [1.54, 1.807) is 17.6 Å². The standard InChI is InChI=1S/C25H23N3OS/c1-4-19-11-12-20(30-19)15-26-28-25(29)22-14-24(18-10-9-16(2)17(3)13-18)27-23-8-6-5-7-21(22)23/h5-15H,4H2,1-3H3,(H,28,29)/b26-15+. The molecular formula is C25H23N3OS. The predicted molar refractivity (Wildman–Crippen MR) is 125 cm³/mol. The topological polar surface area (TPSA) is 54.4 Å². The molecule has 0 aliphatic carbocycles. The zero-order valence-electron chi connectivity index (χ0n) is 17.3. The summed E-state index contributed by atoms with van der Waals surface area (Å²) in [5.41, 5.74) is 8.21. The van der Waals surface area contributed by atoms with Gasteiger partial charge in [-0.3, -0.25) is 4.79 Å². The third-order valence-electron chi connectivity index (χ3n) is 5.15. The number of benzene rings is 2. The van der Waals surface area contributed by atoms with Gasteiger partial charge in [0.2, 0.25) is 0 Å². The largest absolute Gasteiger partial charge is 0.272 e. The summed E-state index contributed by atoms with van der Waals surface area (Å²) in [4.78, 5) is 20.1. The van der Waals surface area contributed by atoms with Crippen LogP contribution in [0.15, 0.2) is 65.8 Å². The summed E-state index contributed by atoms with van der Waals surface area (Å²) in [5, 5.41) is 4.97. The third kappa shape index (κ3) is 4.16. The lowest BCUT2D eigenvalue weighted by atomic mass is 10.0. The number of hydrogen-bond donors (Lipinski definition) is 1. The van der Waals surface area contributed by atoms with Crippen LogP contribution in [0.3, 0.4) is 0 Å². The second-order valence-electron chi connectivity index (χ2n) is 7.23. The maximum atomic E-state index is 13.0. The van der Waals surface area contributed by atoms with Crippen molar-refractivity contribution in [3.8, 4) is 11.3 Å². The van der Waals surface area contributed by atoms with Gasteiger partial charge in [0.15, 0.2) is 0 Å². The Morgan fingerprint density at radius 2 is 1.90 bits per heavy atom. The van der Waals surface area contributed by atoms with Crippen molar-refractivity contribution in [2.45, 2.75) is 27.2 Å². The van der Waals surface area contributed by atoms with Crippen molar-refractivity contribution in [2.75, 3.05) is 0 Å². The lowest BCUT2D eigenvalue weighted by Crippen LogP contribution is -2.18. The number of pyridine rings is 1. The van der Waals surface area contributed by atoms with Crippen molar-refractivity contribution in [1.29, 1.82) is 0 Å². The minimum absolute atomic E-state index is 0.248. The van der Waals surface area contributed by atoms with E-state index in [0.717, 1.165) is 33.5 Å². The van der Waals surface area contributed by atoms with Crippen LogP contribution in [-0.4, -0.2) is 17.1 Å². The van der Waals surface area contributed by atoms with Crippen molar-refractivity contribution in [1.82, 2.24) is 10.4 Å². The Morgan fingerprint density at radius 1 is 1.07 bits per heavy atom. The van der Waals surface area contributed by atoms with E-state index in [1.807, 2.05) is 42.5 Å². The molecule has 0 saturated heterocycles. The van der Waals surface area contributed by atoms with E-state index >= 15 is 0 Å². The molecule has 0 saturated carbocycles. The van der Waals surface area contributed by atoms with Crippen LogP contribution >= 0.6 is 11.3 Å². The number of para-hydroxylation sites is 1. The summed E-state index contributed by atoms with van der Waals surface area (Å²) in [7, 11) is 0. The van der Waals surface area contributed by atoms with Crippen LogP contribution < -0.4 is 5.43 Å². The van der Waals surface area contributed by atoms with Crippen LogP contribution in [0.2, 0.25) is 0 Å². The van der Waals surface area contributed by atoms with Gasteiger partial charge in [-0.1, -0.05) is 37.3 Å². The van der Waals surface area contributed by atoms with Gasteiger partial charge in [-0.05, 0) is 61.7 Å². The van der Waals surface area contributed by atoms with Crippen LogP contribution in [0.5, 0.6) is 0 Å². The first-order valence-electron chi connectivity index (χ1n) is 9.94. The first-order valence-corrected chi connectivity index (χ1v) is 10.8. The summed E-state index contributed by atoms with van der Waals surface area (Å²) in [6.45, 7) is 6.29. The average Bonchev–Trinajstić information content (AvgIpc) is 3.23. The molecule has 4 nitrogen and oxygen atoms in total. The zero-order chi connectivity index (χ0) is 21.1. The van der Waals surface area contributed by atoms with Gasteiger partial charge in [0.05, 0.1) is 23.0 Å². The van der Waals surface area contributed by atoms with Crippen molar-refractivity contribution < 1.29 is 4.79 Å². The number of hydrogen-bond acceptors (Lipinski definition) is 4. The van der Waals surface area contributed by atoms with E-state index in [9.17, 15) is 4.79 Å². The van der Waals surface area contributed by atoms with Gasteiger partial charge in [0, 0.05) is 20.7 Å². The lowest BCUT2D eigenvalue weighted by Gasteiger charge is -2.10. The van der Waals surface area contributed by atoms with E-state index in [-0.39, 0.29) is 5.91 Å². The van der Waals surface area contributed by atoms with E-state index < -0.39 is 0 Å². The number of aryl methyl sites for hydroxylation is 3. The lowest BCUT2D eigenvalue weighted by molar-refractivity contribution is 0.0956. The SMILES string of the molecule is CCc1ccc(/C=N/NC(=O)c2cc(-c3ccc(C)c(C)c3)nc3ccccc23)s1. The Bertz CT molecular complexity index is 1260. The number of nitrogens with zero attached hydrogens (tertiary/aromatic N) is 2. The second-order valence-corrected chi connectivity index (χ2v) is 8.43. The highest BCUT2D eigenvalue weighted by atomic mass is 32.1. The molecule has 2 heterocycles. The summed E-state index contributed by atoms with van der Waals surface area (Å²) in [5.74, 6) is -0.248. The maximum absolute atomic E-state index is 13.0. The number of rotatable bonds is 5. The second kappa shape index (κ2) is 8.59. The van der Waals surface area contributed by atoms with E-state index in [4.69, 9.17) is 4.98 Å². The predicted octanol–water partition coefficient (Wildman–Crippen LogP) is 5.91. The maximum Gasteiger partial charge on any atom is 0.272 e. The number of amides is 1. The smallest absolute Gasteiger partial charge is 0.267 e. The fourth-order valence-electron chi connectivity index (χ4n) is 3.28. The molecule has 2 aromatic carbocycles. The Morgan fingerprint density at radius 3 is 2.67 bits per heavy atom. The molecule has 0 atom stereocenters. The summed E-state index contributed by atoms with van der Waals surface area (Å²) in [6.07, 6.45) is 2.69. The molecule has 4 aromatic rings. The van der Waals surface area contributed by atoms with Crippen LogP contribution in [-0.2, 0) is 6.42 Å². The van der Waals surface area contributed by atoms with E-state index in [0.29, 0.717) is 5.56 Å². The highest BCUT2D eigenvalue weighted by molar-refractivity contribution is 7.13. The minimum Gasteiger partial charge on any atom is -0.267 e. The van der Waals surface area contributed by atoms with Crippen molar-refractivity contribution >= 4 is 34.4 Å². The molecule has 0 unspecified atom stereocenters. The monoisotopic (exact) mass is 413 g/mol. The summed E-state index contributed by atoms with van der Waals surface area (Å²) < 4.78 is 0. The fourth-order valence-corrected chi connectivity index (χ4v) is 4.11. The molecule has 1 amide bonds. The molecule has 0 aliphatic rings. The van der Waals surface area contributed by atoms with Crippen molar-refractivity contribution in [3.05, 3.63) is 87.1 Å².